The van der Waals surface area contributed by atoms with Crippen molar-refractivity contribution < 1.29 is 4.74 Å². The van der Waals surface area contributed by atoms with E-state index in [1.165, 1.54) is 0 Å². The van der Waals surface area contributed by atoms with Crippen LogP contribution in [0.1, 0.15) is 6.42 Å². The van der Waals surface area contributed by atoms with Crippen molar-refractivity contribution in [2.45, 2.75) is 25.1 Å². The number of ether oxygens (including phenoxy) is 1. The molecule has 0 aromatic heterocycles. The van der Waals surface area contributed by atoms with Gasteiger partial charge in [-0.2, -0.15) is 0 Å². The van der Waals surface area contributed by atoms with Crippen molar-refractivity contribution in [2.75, 3.05) is 7.11 Å². The van der Waals surface area contributed by atoms with Crippen LogP contribution in [0.3, 0.4) is 0 Å². The normalized spacial score (nSPS) is 41.7. The predicted molar refractivity (Wildman–Crippen MR) is 37.6 cm³/mol. The molecule has 0 spiro atoms. The van der Waals surface area contributed by atoms with Crippen molar-refractivity contribution in [2.24, 2.45) is 11.5 Å². The molecular formula is C5H14N4O. The highest BCUT2D eigenvalue weighted by molar-refractivity contribution is 4.75. The smallest absolute Gasteiger partial charge is 0.112 e. The van der Waals surface area contributed by atoms with Crippen LogP contribution in [-0.4, -0.2) is 25.8 Å². The van der Waals surface area contributed by atoms with Gasteiger partial charge >= 0.3 is 0 Å². The molecule has 1 rings (SSSR count). The van der Waals surface area contributed by atoms with Gasteiger partial charge in [-0.1, -0.05) is 0 Å². The molecule has 0 radical (unpaired) electrons. The molecule has 1 aliphatic rings. The van der Waals surface area contributed by atoms with Gasteiger partial charge in [-0.25, -0.2) is 0 Å². The number of hydrogen-bond donors (Lipinski definition) is 4. The van der Waals surface area contributed by atoms with Crippen molar-refractivity contribution in [3.05, 3.63) is 0 Å². The van der Waals surface area contributed by atoms with E-state index < -0.39 is 0 Å². The first kappa shape index (κ1) is 7.90. The Balaban J connectivity index is 2.35. The molecule has 0 bridgehead atoms. The molecule has 10 heavy (non-hydrogen) atoms. The summed E-state index contributed by atoms with van der Waals surface area (Å²) in [7, 11) is 1.63. The zero-order valence-corrected chi connectivity index (χ0v) is 6.00. The summed E-state index contributed by atoms with van der Waals surface area (Å²) < 4.78 is 5.02. The SMILES string of the molecule is COC1CC(N)NC(N)N1. The third-order valence-corrected chi connectivity index (χ3v) is 1.51. The minimum Gasteiger partial charge on any atom is -0.366 e. The second-order valence-electron chi connectivity index (χ2n) is 2.38. The molecule has 1 saturated heterocycles. The van der Waals surface area contributed by atoms with Gasteiger partial charge in [0.25, 0.3) is 0 Å². The van der Waals surface area contributed by atoms with Gasteiger partial charge in [0, 0.05) is 13.5 Å². The van der Waals surface area contributed by atoms with E-state index in [2.05, 4.69) is 10.6 Å². The molecule has 3 atom stereocenters. The molecule has 1 fully saturated rings. The molecule has 0 saturated carbocycles. The Kier molecular flexibility index (Phi) is 2.58. The standard InChI is InChI=1S/C5H14N4O/c1-10-4-2-3(6)8-5(7)9-4/h3-5,8-9H,2,6-7H2,1H3. The number of hydrogen-bond acceptors (Lipinski definition) is 5. The fourth-order valence-electron chi connectivity index (χ4n) is 1.01. The van der Waals surface area contributed by atoms with Crippen LogP contribution in [0.5, 0.6) is 0 Å². The molecule has 1 aliphatic heterocycles. The van der Waals surface area contributed by atoms with E-state index >= 15 is 0 Å². The quantitative estimate of drug-likeness (QED) is 0.346. The number of rotatable bonds is 1. The molecule has 0 aromatic carbocycles. The van der Waals surface area contributed by atoms with Crippen molar-refractivity contribution in [1.29, 1.82) is 0 Å². The van der Waals surface area contributed by atoms with Crippen molar-refractivity contribution >= 4 is 0 Å². The first-order valence-electron chi connectivity index (χ1n) is 3.28. The average Bonchev–Trinajstić information content (AvgIpc) is 1.85. The van der Waals surface area contributed by atoms with E-state index in [0.29, 0.717) is 0 Å². The van der Waals surface area contributed by atoms with Crippen LogP contribution in [0.4, 0.5) is 0 Å². The molecular weight excluding hydrogens is 132 g/mol. The van der Waals surface area contributed by atoms with Gasteiger partial charge in [0.05, 0.1) is 6.17 Å². The van der Waals surface area contributed by atoms with E-state index in [1.54, 1.807) is 7.11 Å². The Morgan fingerprint density at radius 2 is 2.10 bits per heavy atom. The Hall–Kier alpha value is -0.200. The molecule has 3 unspecified atom stereocenters. The monoisotopic (exact) mass is 146 g/mol. The van der Waals surface area contributed by atoms with Crippen LogP contribution in [-0.2, 0) is 4.74 Å². The Morgan fingerprint density at radius 1 is 1.40 bits per heavy atom. The second kappa shape index (κ2) is 3.27. The first-order valence-corrected chi connectivity index (χ1v) is 3.28. The van der Waals surface area contributed by atoms with Gasteiger partial charge < -0.3 is 16.2 Å². The Morgan fingerprint density at radius 3 is 2.60 bits per heavy atom. The fraction of sp³-hybridized carbons (Fsp3) is 1.00. The molecule has 0 aliphatic carbocycles. The van der Waals surface area contributed by atoms with Crippen LogP contribution in [0.25, 0.3) is 0 Å². The summed E-state index contributed by atoms with van der Waals surface area (Å²) in [6.45, 7) is 0. The van der Waals surface area contributed by atoms with Gasteiger partial charge in [-0.15, -0.1) is 0 Å². The molecule has 0 aromatic rings. The maximum absolute atomic E-state index is 5.58. The fourth-order valence-corrected chi connectivity index (χ4v) is 1.01. The van der Waals surface area contributed by atoms with Crippen LogP contribution in [0.2, 0.25) is 0 Å². The third kappa shape index (κ3) is 1.89. The van der Waals surface area contributed by atoms with E-state index in [4.69, 9.17) is 16.2 Å². The minimum atomic E-state index is -0.256. The summed E-state index contributed by atoms with van der Waals surface area (Å²) in [6.07, 6.45) is 0.394. The van der Waals surface area contributed by atoms with Gasteiger partial charge in [0.2, 0.25) is 0 Å². The zero-order valence-electron chi connectivity index (χ0n) is 6.00. The van der Waals surface area contributed by atoms with E-state index in [9.17, 15) is 0 Å². The van der Waals surface area contributed by atoms with Crippen molar-refractivity contribution in [3.8, 4) is 0 Å². The molecule has 5 nitrogen and oxygen atoms in total. The van der Waals surface area contributed by atoms with E-state index in [-0.39, 0.29) is 18.7 Å². The topological polar surface area (TPSA) is 85.3 Å². The third-order valence-electron chi connectivity index (χ3n) is 1.51. The largest absolute Gasteiger partial charge is 0.366 e. The highest BCUT2D eigenvalue weighted by Gasteiger charge is 2.21. The maximum Gasteiger partial charge on any atom is 0.112 e. The molecule has 1 heterocycles. The molecule has 60 valence electrons. The van der Waals surface area contributed by atoms with E-state index in [1.807, 2.05) is 0 Å². The minimum absolute atomic E-state index is 0.0220. The Labute approximate surface area is 60.1 Å². The van der Waals surface area contributed by atoms with Crippen molar-refractivity contribution in [1.82, 2.24) is 10.6 Å². The lowest BCUT2D eigenvalue weighted by Crippen LogP contribution is -2.65. The number of methoxy groups -OCH3 is 1. The van der Waals surface area contributed by atoms with E-state index in [0.717, 1.165) is 6.42 Å². The summed E-state index contributed by atoms with van der Waals surface area (Å²) in [6, 6.07) is 0. The predicted octanol–water partition coefficient (Wildman–Crippen LogP) is -1.93. The number of nitrogens with one attached hydrogen (secondary N) is 2. The van der Waals surface area contributed by atoms with Gasteiger partial charge in [-0.3, -0.25) is 10.6 Å². The lowest BCUT2D eigenvalue weighted by atomic mass is 10.2. The number of nitrogens with two attached hydrogens (primary N) is 2. The zero-order chi connectivity index (χ0) is 7.56. The molecule has 6 N–H and O–H groups in total. The lowest BCUT2D eigenvalue weighted by Gasteiger charge is -2.32. The summed E-state index contributed by atoms with van der Waals surface area (Å²) in [4.78, 5) is 0. The second-order valence-corrected chi connectivity index (χ2v) is 2.38. The highest BCUT2D eigenvalue weighted by atomic mass is 16.5. The van der Waals surface area contributed by atoms with Crippen molar-refractivity contribution in [3.63, 3.8) is 0 Å². The maximum atomic E-state index is 5.58. The Bertz CT molecular complexity index is 99.8. The van der Waals surface area contributed by atoms with Crippen LogP contribution >= 0.6 is 0 Å². The summed E-state index contributed by atoms with van der Waals surface area (Å²) in [5, 5.41) is 5.87. The van der Waals surface area contributed by atoms with Crippen LogP contribution < -0.4 is 22.1 Å². The van der Waals surface area contributed by atoms with Gasteiger partial charge in [-0.05, 0) is 0 Å². The summed E-state index contributed by atoms with van der Waals surface area (Å²) >= 11 is 0. The van der Waals surface area contributed by atoms with Gasteiger partial charge in [0.1, 0.15) is 12.5 Å². The van der Waals surface area contributed by atoms with Crippen LogP contribution in [0, 0.1) is 0 Å². The average molecular weight is 146 g/mol. The summed E-state index contributed by atoms with van der Waals surface area (Å²) in [5.41, 5.74) is 11.1. The summed E-state index contributed by atoms with van der Waals surface area (Å²) in [5.74, 6) is 0. The van der Waals surface area contributed by atoms with Gasteiger partial charge in [0.15, 0.2) is 0 Å². The highest BCUT2D eigenvalue weighted by Crippen LogP contribution is 1.99. The van der Waals surface area contributed by atoms with Crippen LogP contribution in [0.15, 0.2) is 0 Å². The lowest BCUT2D eigenvalue weighted by molar-refractivity contribution is 0.0200. The molecule has 0 amide bonds. The molecule has 5 heteroatoms. The first-order chi connectivity index (χ1) is 4.72.